The van der Waals surface area contributed by atoms with Crippen molar-refractivity contribution in [2.45, 2.75) is 50.6 Å². The predicted octanol–water partition coefficient (Wildman–Crippen LogP) is 1.51. The first-order valence-corrected chi connectivity index (χ1v) is 6.26. The number of hydrogen-bond acceptors (Lipinski definition) is 3. The largest absolute Gasteiger partial charge is 0.312 e. The van der Waals surface area contributed by atoms with E-state index in [1.54, 1.807) is 0 Å². The topological polar surface area (TPSA) is 39.1 Å². The number of nitrogens with zero attached hydrogens (tertiary/aromatic N) is 2. The van der Waals surface area contributed by atoms with Gasteiger partial charge in [-0.15, -0.1) is 0 Å². The summed E-state index contributed by atoms with van der Waals surface area (Å²) in [7, 11) is 0. The van der Waals surface area contributed by atoms with Gasteiger partial charge in [0.05, 0.1) is 6.07 Å². The molecular weight excluding hydrogens is 186 g/mol. The lowest BCUT2D eigenvalue weighted by Crippen LogP contribution is -2.44. The maximum absolute atomic E-state index is 8.54. The van der Waals surface area contributed by atoms with Gasteiger partial charge < -0.3 is 5.32 Å². The molecule has 3 nitrogen and oxygen atoms in total. The van der Waals surface area contributed by atoms with E-state index in [1.807, 2.05) is 0 Å². The molecule has 0 spiro atoms. The Morgan fingerprint density at radius 1 is 1.33 bits per heavy atom. The molecule has 0 saturated carbocycles. The number of unbranched alkanes of at least 4 members (excludes halogenated alkanes) is 1. The summed E-state index contributed by atoms with van der Waals surface area (Å²) < 4.78 is 0. The van der Waals surface area contributed by atoms with Gasteiger partial charge in [-0.2, -0.15) is 5.26 Å². The van der Waals surface area contributed by atoms with Crippen molar-refractivity contribution in [1.29, 1.82) is 5.26 Å². The monoisotopic (exact) mass is 207 g/mol. The summed E-state index contributed by atoms with van der Waals surface area (Å²) in [4.78, 5) is 2.60. The molecule has 2 atom stereocenters. The van der Waals surface area contributed by atoms with E-state index in [2.05, 4.69) is 16.3 Å². The van der Waals surface area contributed by atoms with Crippen LogP contribution in [-0.2, 0) is 0 Å². The summed E-state index contributed by atoms with van der Waals surface area (Å²) in [5.74, 6) is 0. The van der Waals surface area contributed by atoms with Crippen LogP contribution in [0.2, 0.25) is 0 Å². The number of likely N-dealkylation sites (tertiary alicyclic amines) is 1. The third-order valence-corrected chi connectivity index (χ3v) is 3.71. The smallest absolute Gasteiger partial charge is 0.0622 e. The van der Waals surface area contributed by atoms with E-state index in [0.29, 0.717) is 6.42 Å². The van der Waals surface area contributed by atoms with Gasteiger partial charge >= 0.3 is 0 Å². The van der Waals surface area contributed by atoms with Crippen molar-refractivity contribution in [2.24, 2.45) is 0 Å². The van der Waals surface area contributed by atoms with E-state index in [9.17, 15) is 0 Å². The van der Waals surface area contributed by atoms with E-state index in [4.69, 9.17) is 5.26 Å². The first-order valence-electron chi connectivity index (χ1n) is 6.26. The van der Waals surface area contributed by atoms with E-state index in [1.165, 1.54) is 38.8 Å². The highest BCUT2D eigenvalue weighted by Crippen LogP contribution is 2.24. The lowest BCUT2D eigenvalue weighted by Gasteiger charge is -2.29. The minimum Gasteiger partial charge on any atom is -0.312 e. The van der Waals surface area contributed by atoms with Crippen LogP contribution in [0, 0.1) is 11.3 Å². The van der Waals surface area contributed by atoms with Crippen LogP contribution in [0.15, 0.2) is 0 Å². The Balaban J connectivity index is 1.79. The zero-order valence-electron chi connectivity index (χ0n) is 9.41. The normalized spacial score (nSPS) is 31.9. The van der Waals surface area contributed by atoms with Crippen LogP contribution in [0.5, 0.6) is 0 Å². The molecule has 0 aromatic heterocycles. The lowest BCUT2D eigenvalue weighted by molar-refractivity contribution is 0.213. The number of nitrogens with one attached hydrogen (secondary N) is 1. The van der Waals surface area contributed by atoms with Crippen LogP contribution in [0.4, 0.5) is 0 Å². The van der Waals surface area contributed by atoms with Crippen molar-refractivity contribution in [1.82, 2.24) is 10.2 Å². The van der Waals surface area contributed by atoms with Crippen LogP contribution < -0.4 is 5.32 Å². The summed E-state index contributed by atoms with van der Waals surface area (Å²) in [5, 5.41) is 12.1. The van der Waals surface area contributed by atoms with Crippen molar-refractivity contribution in [3.05, 3.63) is 0 Å². The third-order valence-electron chi connectivity index (χ3n) is 3.71. The Morgan fingerprint density at radius 3 is 3.00 bits per heavy atom. The van der Waals surface area contributed by atoms with Crippen LogP contribution in [0.25, 0.3) is 0 Å². The fourth-order valence-corrected chi connectivity index (χ4v) is 2.99. The average Bonchev–Trinajstić information content (AvgIpc) is 2.87. The fraction of sp³-hybridized carbons (Fsp3) is 0.917. The summed E-state index contributed by atoms with van der Waals surface area (Å²) in [6.07, 6.45) is 7.13. The number of nitriles is 1. The van der Waals surface area contributed by atoms with Crippen LogP contribution in [0.1, 0.15) is 38.5 Å². The molecule has 2 fully saturated rings. The molecule has 1 N–H and O–H groups in total. The van der Waals surface area contributed by atoms with Gasteiger partial charge in [0.25, 0.3) is 0 Å². The zero-order chi connectivity index (χ0) is 10.5. The molecule has 0 aliphatic carbocycles. The van der Waals surface area contributed by atoms with Gasteiger partial charge in [0, 0.05) is 18.5 Å². The summed E-state index contributed by atoms with van der Waals surface area (Å²) in [6.45, 7) is 3.57. The highest BCUT2D eigenvalue weighted by atomic mass is 15.2. The van der Waals surface area contributed by atoms with Gasteiger partial charge in [-0.05, 0) is 51.7 Å². The van der Waals surface area contributed by atoms with Crippen LogP contribution >= 0.6 is 0 Å². The number of hydrogen-bond donors (Lipinski definition) is 1. The summed E-state index contributed by atoms with van der Waals surface area (Å²) in [6, 6.07) is 3.72. The minimum atomic E-state index is 0.710. The average molecular weight is 207 g/mol. The van der Waals surface area contributed by atoms with E-state index >= 15 is 0 Å². The summed E-state index contributed by atoms with van der Waals surface area (Å²) in [5.41, 5.74) is 0. The second kappa shape index (κ2) is 5.48. The van der Waals surface area contributed by atoms with E-state index in [0.717, 1.165) is 25.0 Å². The standard InChI is InChI=1S/C12H21N3/c13-7-1-2-9-15-10-4-6-12(15)11-5-3-8-14-11/h11-12,14H,1-6,8-10H2. The molecule has 2 rings (SSSR count). The van der Waals surface area contributed by atoms with Gasteiger partial charge in [-0.1, -0.05) is 0 Å². The molecule has 3 heteroatoms. The SMILES string of the molecule is N#CCCCN1CCCC1C1CCCN1. The lowest BCUT2D eigenvalue weighted by atomic mass is 10.0. The van der Waals surface area contributed by atoms with Gasteiger partial charge in [-0.3, -0.25) is 4.90 Å². The van der Waals surface area contributed by atoms with Gasteiger partial charge in [0.2, 0.25) is 0 Å². The molecule has 0 bridgehead atoms. The first kappa shape index (κ1) is 10.9. The molecule has 0 amide bonds. The predicted molar refractivity (Wildman–Crippen MR) is 60.5 cm³/mol. The Labute approximate surface area is 92.4 Å². The summed E-state index contributed by atoms with van der Waals surface area (Å²) >= 11 is 0. The van der Waals surface area contributed by atoms with E-state index in [-0.39, 0.29) is 0 Å². The Bertz CT molecular complexity index is 228. The van der Waals surface area contributed by atoms with Crippen molar-refractivity contribution < 1.29 is 0 Å². The molecule has 0 radical (unpaired) electrons. The second-order valence-electron chi connectivity index (χ2n) is 4.71. The molecule has 2 aliphatic rings. The number of rotatable bonds is 4. The molecule has 2 aliphatic heterocycles. The van der Waals surface area contributed by atoms with Crippen molar-refractivity contribution in [2.75, 3.05) is 19.6 Å². The van der Waals surface area contributed by atoms with Gasteiger partial charge in [-0.25, -0.2) is 0 Å². The fourth-order valence-electron chi connectivity index (χ4n) is 2.99. The molecule has 2 unspecified atom stereocenters. The maximum Gasteiger partial charge on any atom is 0.0622 e. The molecule has 0 aromatic rings. The highest BCUT2D eigenvalue weighted by Gasteiger charge is 2.32. The molecule has 2 heterocycles. The molecule has 2 saturated heterocycles. The van der Waals surface area contributed by atoms with Gasteiger partial charge in [0.15, 0.2) is 0 Å². The van der Waals surface area contributed by atoms with Crippen LogP contribution in [0.3, 0.4) is 0 Å². The molecular formula is C12H21N3. The van der Waals surface area contributed by atoms with Crippen molar-refractivity contribution >= 4 is 0 Å². The highest BCUT2D eigenvalue weighted by molar-refractivity contribution is 4.92. The zero-order valence-corrected chi connectivity index (χ0v) is 9.41. The molecule has 15 heavy (non-hydrogen) atoms. The Kier molecular flexibility index (Phi) is 3.99. The van der Waals surface area contributed by atoms with Crippen molar-refractivity contribution in [3.8, 4) is 6.07 Å². The second-order valence-corrected chi connectivity index (χ2v) is 4.71. The van der Waals surface area contributed by atoms with Crippen molar-refractivity contribution in [3.63, 3.8) is 0 Å². The quantitative estimate of drug-likeness (QED) is 0.710. The third kappa shape index (κ3) is 2.70. The Hall–Kier alpha value is -0.590. The Morgan fingerprint density at radius 2 is 2.27 bits per heavy atom. The van der Waals surface area contributed by atoms with E-state index < -0.39 is 0 Å². The minimum absolute atomic E-state index is 0.710. The van der Waals surface area contributed by atoms with Crippen LogP contribution in [-0.4, -0.2) is 36.6 Å². The molecule has 0 aromatic carbocycles. The first-order chi connectivity index (χ1) is 7.42. The van der Waals surface area contributed by atoms with Gasteiger partial charge in [0.1, 0.15) is 0 Å². The maximum atomic E-state index is 8.54. The molecule has 84 valence electrons.